The molecule has 0 aliphatic heterocycles. The Morgan fingerprint density at radius 3 is 2.75 bits per heavy atom. The molecular formula is C15H23ClN2O2. The summed E-state index contributed by atoms with van der Waals surface area (Å²) in [5, 5.41) is 4.64. The molecule has 1 saturated carbocycles. The number of rotatable bonds is 5. The topological polar surface area (TPSA) is 44.1 Å². The van der Waals surface area contributed by atoms with Crippen molar-refractivity contribution in [3.8, 4) is 0 Å². The van der Waals surface area contributed by atoms with Crippen molar-refractivity contribution in [1.29, 1.82) is 0 Å². The number of carbonyl (C=O) groups excluding carboxylic acids is 1. The van der Waals surface area contributed by atoms with Crippen molar-refractivity contribution in [3.05, 3.63) is 16.9 Å². The first kappa shape index (κ1) is 15.5. The minimum absolute atomic E-state index is 0.0112. The fraction of sp³-hybridized carbons (Fsp3) is 0.733. The molecule has 1 fully saturated rings. The van der Waals surface area contributed by atoms with Gasteiger partial charge < -0.3 is 4.74 Å². The van der Waals surface area contributed by atoms with Crippen LogP contribution in [0.4, 0.5) is 0 Å². The third-order valence-electron chi connectivity index (χ3n) is 4.33. The van der Waals surface area contributed by atoms with Gasteiger partial charge in [-0.25, -0.2) is 0 Å². The van der Waals surface area contributed by atoms with E-state index in [-0.39, 0.29) is 5.78 Å². The molecule has 0 radical (unpaired) electrons. The van der Waals surface area contributed by atoms with E-state index in [1.54, 1.807) is 18.0 Å². The number of halogens is 1. The summed E-state index contributed by atoms with van der Waals surface area (Å²) in [6.45, 7) is 4.97. The Kier molecular flexibility index (Phi) is 4.86. The molecule has 2 rings (SSSR count). The highest BCUT2D eigenvalue weighted by molar-refractivity contribution is 6.34. The zero-order chi connectivity index (χ0) is 14.8. The Balaban J connectivity index is 2.31. The number of aromatic nitrogens is 2. The van der Waals surface area contributed by atoms with Crippen LogP contribution in [0.15, 0.2) is 6.20 Å². The van der Waals surface area contributed by atoms with Gasteiger partial charge in [-0.05, 0) is 38.0 Å². The van der Waals surface area contributed by atoms with Crippen LogP contribution in [0.25, 0.3) is 0 Å². The number of hydrogen-bond donors (Lipinski definition) is 0. The first-order valence-electron chi connectivity index (χ1n) is 7.35. The minimum Gasteiger partial charge on any atom is -0.370 e. The van der Waals surface area contributed by atoms with Crippen molar-refractivity contribution < 1.29 is 9.53 Å². The van der Waals surface area contributed by atoms with Crippen molar-refractivity contribution in [2.45, 2.75) is 58.1 Å². The van der Waals surface area contributed by atoms with Crippen LogP contribution in [0.2, 0.25) is 5.02 Å². The van der Waals surface area contributed by atoms with Crippen LogP contribution in [0.3, 0.4) is 0 Å². The fourth-order valence-electron chi connectivity index (χ4n) is 2.94. The van der Waals surface area contributed by atoms with Crippen molar-refractivity contribution in [3.63, 3.8) is 0 Å². The molecule has 1 aliphatic carbocycles. The van der Waals surface area contributed by atoms with Crippen LogP contribution in [0, 0.1) is 5.92 Å². The highest BCUT2D eigenvalue weighted by Gasteiger charge is 2.43. The highest BCUT2D eigenvalue weighted by Crippen LogP contribution is 2.37. The van der Waals surface area contributed by atoms with Gasteiger partial charge >= 0.3 is 0 Å². The van der Waals surface area contributed by atoms with Crippen molar-refractivity contribution in [2.75, 3.05) is 7.11 Å². The van der Waals surface area contributed by atoms with E-state index in [0.29, 0.717) is 23.2 Å². The van der Waals surface area contributed by atoms with Gasteiger partial charge in [0.25, 0.3) is 0 Å². The van der Waals surface area contributed by atoms with Gasteiger partial charge in [-0.15, -0.1) is 0 Å². The minimum atomic E-state index is -0.721. The lowest BCUT2D eigenvalue weighted by atomic mass is 9.76. The summed E-state index contributed by atoms with van der Waals surface area (Å²) in [7, 11) is 1.63. The van der Waals surface area contributed by atoms with E-state index in [9.17, 15) is 4.79 Å². The highest BCUT2D eigenvalue weighted by atomic mass is 35.5. The van der Waals surface area contributed by atoms with Gasteiger partial charge in [0.1, 0.15) is 11.3 Å². The molecule has 0 saturated heterocycles. The van der Waals surface area contributed by atoms with Gasteiger partial charge in [-0.2, -0.15) is 5.10 Å². The number of aryl methyl sites for hydroxylation is 1. The SMILES string of the molecule is CCCn1ncc(Cl)c1C(=O)C1(OC)CCC(C)CC1. The standard InChI is InChI=1S/C15H23ClN2O2/c1-4-9-18-13(12(16)10-17-18)14(19)15(20-3)7-5-11(2)6-8-15/h10-11H,4-9H2,1-3H3. The average molecular weight is 299 g/mol. The monoisotopic (exact) mass is 298 g/mol. The molecule has 1 aliphatic rings. The summed E-state index contributed by atoms with van der Waals surface area (Å²) in [5.41, 5.74) is -0.216. The largest absolute Gasteiger partial charge is 0.370 e. The maximum atomic E-state index is 13.0. The number of ether oxygens (including phenoxy) is 1. The summed E-state index contributed by atoms with van der Waals surface area (Å²) in [6.07, 6.45) is 6.01. The van der Waals surface area contributed by atoms with Crippen molar-refractivity contribution >= 4 is 17.4 Å². The second-order valence-corrected chi connectivity index (χ2v) is 6.18. The molecular weight excluding hydrogens is 276 g/mol. The molecule has 1 aromatic rings. The van der Waals surface area contributed by atoms with Crippen molar-refractivity contribution in [2.24, 2.45) is 5.92 Å². The zero-order valence-electron chi connectivity index (χ0n) is 12.5. The molecule has 1 heterocycles. The molecule has 1 aromatic heterocycles. The normalized spacial score (nSPS) is 26.7. The van der Waals surface area contributed by atoms with E-state index in [4.69, 9.17) is 16.3 Å². The molecule has 20 heavy (non-hydrogen) atoms. The van der Waals surface area contributed by atoms with Gasteiger partial charge in [0, 0.05) is 13.7 Å². The third-order valence-corrected chi connectivity index (χ3v) is 4.61. The van der Waals surface area contributed by atoms with Crippen LogP contribution in [0.5, 0.6) is 0 Å². The first-order chi connectivity index (χ1) is 9.54. The second-order valence-electron chi connectivity index (χ2n) is 5.77. The number of methoxy groups -OCH3 is 1. The average Bonchev–Trinajstić information content (AvgIpc) is 2.81. The molecule has 5 heteroatoms. The Hall–Kier alpha value is -0.870. The lowest BCUT2D eigenvalue weighted by molar-refractivity contribution is -0.0270. The van der Waals surface area contributed by atoms with Gasteiger partial charge in [0.2, 0.25) is 5.78 Å². The molecule has 0 atom stereocenters. The number of nitrogens with zero attached hydrogens (tertiary/aromatic N) is 2. The molecule has 0 N–H and O–H groups in total. The molecule has 4 nitrogen and oxygen atoms in total. The summed E-state index contributed by atoms with van der Waals surface area (Å²) in [4.78, 5) is 13.0. The predicted octanol–water partition coefficient (Wildman–Crippen LogP) is 3.72. The van der Waals surface area contributed by atoms with Gasteiger partial charge in [-0.1, -0.05) is 25.4 Å². The predicted molar refractivity (Wildman–Crippen MR) is 79.2 cm³/mol. The van der Waals surface area contributed by atoms with E-state index < -0.39 is 5.60 Å². The van der Waals surface area contributed by atoms with Crippen LogP contribution < -0.4 is 0 Å². The number of Topliss-reactive ketones (excluding diaryl/α,β-unsaturated/α-hetero) is 1. The fourth-order valence-corrected chi connectivity index (χ4v) is 3.16. The van der Waals surface area contributed by atoms with Crippen LogP contribution >= 0.6 is 11.6 Å². The van der Waals surface area contributed by atoms with E-state index >= 15 is 0 Å². The lowest BCUT2D eigenvalue weighted by Gasteiger charge is -2.36. The number of carbonyl (C=O) groups is 1. The zero-order valence-corrected chi connectivity index (χ0v) is 13.2. The second kappa shape index (κ2) is 6.27. The summed E-state index contributed by atoms with van der Waals surface area (Å²) >= 11 is 6.18. The molecule has 112 valence electrons. The van der Waals surface area contributed by atoms with Crippen LogP contribution in [-0.4, -0.2) is 28.3 Å². The molecule has 0 unspecified atom stereocenters. The molecule has 0 aromatic carbocycles. The Morgan fingerprint density at radius 2 is 2.20 bits per heavy atom. The maximum absolute atomic E-state index is 13.0. The lowest BCUT2D eigenvalue weighted by Crippen LogP contribution is -2.44. The summed E-state index contributed by atoms with van der Waals surface area (Å²) in [6, 6.07) is 0. The molecule has 0 spiro atoms. The smallest absolute Gasteiger partial charge is 0.214 e. The first-order valence-corrected chi connectivity index (χ1v) is 7.73. The number of ketones is 1. The van der Waals surface area contributed by atoms with Gasteiger partial charge in [0.05, 0.1) is 11.2 Å². The van der Waals surface area contributed by atoms with E-state index in [2.05, 4.69) is 18.9 Å². The van der Waals surface area contributed by atoms with Crippen LogP contribution in [-0.2, 0) is 11.3 Å². The Labute approximate surface area is 125 Å². The van der Waals surface area contributed by atoms with E-state index in [1.807, 2.05) is 0 Å². The van der Waals surface area contributed by atoms with Crippen molar-refractivity contribution in [1.82, 2.24) is 9.78 Å². The Morgan fingerprint density at radius 1 is 1.55 bits per heavy atom. The summed E-state index contributed by atoms with van der Waals surface area (Å²) in [5.74, 6) is 0.643. The van der Waals surface area contributed by atoms with Gasteiger partial charge in [-0.3, -0.25) is 9.48 Å². The quantitative estimate of drug-likeness (QED) is 0.778. The maximum Gasteiger partial charge on any atom is 0.214 e. The Bertz CT molecular complexity index is 476. The summed E-state index contributed by atoms with van der Waals surface area (Å²) < 4.78 is 7.36. The van der Waals surface area contributed by atoms with E-state index in [0.717, 1.165) is 32.1 Å². The molecule has 0 bridgehead atoms. The molecule has 0 amide bonds. The third kappa shape index (κ3) is 2.77. The van der Waals surface area contributed by atoms with Gasteiger partial charge in [0.15, 0.2) is 0 Å². The number of hydrogen-bond acceptors (Lipinski definition) is 3. The van der Waals surface area contributed by atoms with E-state index in [1.165, 1.54) is 0 Å². The van der Waals surface area contributed by atoms with Crippen LogP contribution in [0.1, 0.15) is 56.4 Å².